The summed E-state index contributed by atoms with van der Waals surface area (Å²) in [6, 6.07) is 19.0. The summed E-state index contributed by atoms with van der Waals surface area (Å²) in [4.78, 5) is 10.2. The second-order valence-corrected chi connectivity index (χ2v) is 33.5. The van der Waals surface area contributed by atoms with Crippen LogP contribution in [-0.4, -0.2) is 81.7 Å². The summed E-state index contributed by atoms with van der Waals surface area (Å²) >= 11 is 3.78. The van der Waals surface area contributed by atoms with Crippen LogP contribution in [0.2, 0.25) is 12.1 Å². The highest BCUT2D eigenvalue weighted by Crippen LogP contribution is 2.54. The topological polar surface area (TPSA) is 81.2 Å². The third-order valence-corrected chi connectivity index (χ3v) is 30.6. The van der Waals surface area contributed by atoms with Crippen molar-refractivity contribution in [3.8, 4) is 0 Å². The summed E-state index contributed by atoms with van der Waals surface area (Å²) in [6.07, 6.45) is 22.6. The summed E-state index contributed by atoms with van der Waals surface area (Å²) in [7, 11) is 17.0. The van der Waals surface area contributed by atoms with Gasteiger partial charge in [0.05, 0.1) is 30.4 Å². The molecule has 0 N–H and O–H groups in total. The number of hydrogen-bond donors (Lipinski definition) is 0. The lowest BCUT2D eigenvalue weighted by Gasteiger charge is -2.24. The molecule has 0 amide bonds. The maximum Gasteiger partial charge on any atom is 0.500 e. The van der Waals surface area contributed by atoms with E-state index in [-0.39, 0.29) is 0 Å². The Balaban J connectivity index is 1.11. The highest BCUT2D eigenvalue weighted by atomic mass is 33.9. The van der Waals surface area contributed by atoms with Crippen molar-refractivity contribution in [1.82, 2.24) is 9.97 Å². The SMILES string of the molecule is CO[Si](CCCCCCCCCCC(CSSSSSSCC(CCCCCCCCCC[Si](OC)(OC)OC)c1nc2ccccc2s1)c1nc2ccccc2s1)(OC)OC. The second-order valence-electron chi connectivity index (χ2n) is 15.6. The van der Waals surface area contributed by atoms with Crippen LogP contribution in [-0.2, 0) is 26.6 Å². The van der Waals surface area contributed by atoms with E-state index in [0.29, 0.717) is 11.8 Å². The Labute approximate surface area is 406 Å². The molecule has 0 bridgehead atoms. The van der Waals surface area contributed by atoms with Gasteiger partial charge in [0, 0.05) is 78.1 Å². The number of aromatic nitrogens is 2. The number of thiazole rings is 2. The number of fused-ring (bicyclic) bond motifs is 2. The Bertz CT molecular complexity index is 1530. The van der Waals surface area contributed by atoms with Crippen molar-refractivity contribution < 1.29 is 26.6 Å². The zero-order valence-corrected chi connectivity index (χ0v) is 46.5. The summed E-state index contributed by atoms with van der Waals surface area (Å²) in [5.74, 6) is 3.20. The lowest BCUT2D eigenvalue weighted by atomic mass is 10.0. The van der Waals surface area contributed by atoms with Gasteiger partial charge in [-0.2, -0.15) is 0 Å². The largest absolute Gasteiger partial charge is 0.500 e. The van der Waals surface area contributed by atoms with Crippen molar-refractivity contribution in [2.75, 3.05) is 54.2 Å². The molecule has 4 rings (SSSR count). The molecule has 4 aromatic rings. The van der Waals surface area contributed by atoms with E-state index < -0.39 is 17.6 Å². The third-order valence-electron chi connectivity index (χ3n) is 11.5. The maximum absolute atomic E-state index is 5.57. The van der Waals surface area contributed by atoms with Gasteiger partial charge in [-0.05, 0) is 89.3 Å². The molecular formula is C44H72N2O6S8Si2. The lowest BCUT2D eigenvalue weighted by molar-refractivity contribution is 0.122. The Kier molecular flexibility index (Phi) is 29.4. The molecule has 0 aliphatic carbocycles. The number of unbranched alkanes of at least 4 members (excludes halogenated alkanes) is 14. The minimum atomic E-state index is -2.43. The Hall–Kier alpha value is 0.514. The van der Waals surface area contributed by atoms with Crippen molar-refractivity contribution in [3.63, 3.8) is 0 Å². The van der Waals surface area contributed by atoms with Crippen molar-refractivity contribution in [1.29, 1.82) is 0 Å². The van der Waals surface area contributed by atoms with Crippen molar-refractivity contribution in [3.05, 3.63) is 58.5 Å². The number of para-hydroxylation sites is 2. The van der Waals surface area contributed by atoms with Crippen LogP contribution < -0.4 is 0 Å². The van der Waals surface area contributed by atoms with Crippen LogP contribution in [0.1, 0.15) is 137 Å². The van der Waals surface area contributed by atoms with Crippen LogP contribution in [0.3, 0.4) is 0 Å². The molecule has 0 spiro atoms. The fourth-order valence-corrected chi connectivity index (χ4v) is 25.7. The number of hydrogen-bond acceptors (Lipinski definition) is 16. The smallest absolute Gasteiger partial charge is 0.377 e. The molecule has 2 heterocycles. The minimum Gasteiger partial charge on any atom is -0.377 e. The van der Waals surface area contributed by atoms with Gasteiger partial charge in [-0.1, -0.05) is 136 Å². The summed E-state index contributed by atoms with van der Waals surface area (Å²) in [6.45, 7) is 0. The first-order chi connectivity index (χ1) is 30.4. The van der Waals surface area contributed by atoms with Crippen LogP contribution >= 0.6 is 83.6 Å². The first kappa shape index (κ1) is 55.1. The van der Waals surface area contributed by atoms with E-state index in [9.17, 15) is 0 Å². The van der Waals surface area contributed by atoms with Gasteiger partial charge in [-0.15, -0.1) is 22.7 Å². The molecule has 18 heteroatoms. The highest BCUT2D eigenvalue weighted by Gasteiger charge is 2.37. The fraction of sp³-hybridized carbons (Fsp3) is 0.682. The van der Waals surface area contributed by atoms with Gasteiger partial charge >= 0.3 is 17.6 Å². The average molecular weight is 1040 g/mol. The van der Waals surface area contributed by atoms with E-state index in [1.807, 2.05) is 83.6 Å². The monoisotopic (exact) mass is 1040 g/mol. The van der Waals surface area contributed by atoms with Gasteiger partial charge in [-0.25, -0.2) is 9.97 Å². The molecule has 62 heavy (non-hydrogen) atoms. The predicted molar refractivity (Wildman–Crippen MR) is 286 cm³/mol. The molecule has 2 aromatic carbocycles. The Morgan fingerprint density at radius 1 is 0.435 bits per heavy atom. The van der Waals surface area contributed by atoms with Gasteiger partial charge in [0.15, 0.2) is 0 Å². The quantitative estimate of drug-likeness (QED) is 0.0242. The molecule has 0 aliphatic heterocycles. The molecule has 350 valence electrons. The number of benzene rings is 2. The van der Waals surface area contributed by atoms with E-state index >= 15 is 0 Å². The van der Waals surface area contributed by atoms with Crippen molar-refractivity contribution >= 4 is 122 Å². The normalized spacial score (nSPS) is 13.5. The van der Waals surface area contributed by atoms with Gasteiger partial charge < -0.3 is 26.6 Å². The zero-order valence-electron chi connectivity index (χ0n) is 37.9. The van der Waals surface area contributed by atoms with E-state index in [1.165, 1.54) is 122 Å². The van der Waals surface area contributed by atoms with Crippen LogP contribution in [0.15, 0.2) is 48.5 Å². The van der Waals surface area contributed by atoms with Gasteiger partial charge in [-0.3, -0.25) is 0 Å². The van der Waals surface area contributed by atoms with Crippen LogP contribution in [0, 0.1) is 0 Å². The van der Waals surface area contributed by atoms with Gasteiger partial charge in [0.25, 0.3) is 0 Å². The maximum atomic E-state index is 5.57. The molecule has 0 radical (unpaired) electrons. The van der Waals surface area contributed by atoms with Crippen molar-refractivity contribution in [2.45, 2.75) is 139 Å². The van der Waals surface area contributed by atoms with E-state index in [0.717, 1.165) is 47.5 Å². The highest BCUT2D eigenvalue weighted by molar-refractivity contribution is 9.41. The van der Waals surface area contributed by atoms with Crippen LogP contribution in [0.4, 0.5) is 0 Å². The standard InChI is InChI=1S/C44H72N2O6S8Si2/c1-47-61(48-2,49-3)33-25-17-13-9-7-11-15-19-27-37(43-45-39-29-21-23-31-41(39)55-43)35-53-57-59-60-58-54-36-38(44-46-40-30-22-24-32-42(40)56-44)28-20-16-12-8-10-14-18-26-34-62(50-4,51-5)52-6/h21-24,29-32,37-38H,7-20,25-28,33-36H2,1-6H3. The third kappa shape index (κ3) is 20.0. The number of rotatable bonds is 39. The molecule has 2 unspecified atom stereocenters. The number of nitrogens with zero attached hydrogens (tertiary/aromatic N) is 2. The van der Waals surface area contributed by atoms with Crippen LogP contribution in [0.25, 0.3) is 20.4 Å². The van der Waals surface area contributed by atoms with Crippen LogP contribution in [0.5, 0.6) is 0 Å². The Morgan fingerprint density at radius 3 is 1.10 bits per heavy atom. The first-order valence-corrected chi connectivity index (χ1v) is 35.7. The molecule has 0 saturated heterocycles. The first-order valence-electron chi connectivity index (χ1n) is 22.4. The van der Waals surface area contributed by atoms with E-state index in [1.54, 1.807) is 42.7 Å². The Morgan fingerprint density at radius 2 is 0.758 bits per heavy atom. The molecule has 0 fully saturated rings. The van der Waals surface area contributed by atoms with E-state index in [4.69, 9.17) is 36.5 Å². The predicted octanol–water partition coefficient (Wildman–Crippen LogP) is 16.5. The summed E-state index contributed by atoms with van der Waals surface area (Å²) in [5.41, 5.74) is 2.28. The molecule has 0 aliphatic rings. The van der Waals surface area contributed by atoms with Gasteiger partial charge in [0.1, 0.15) is 0 Å². The molecule has 0 saturated carbocycles. The molecule has 2 atom stereocenters. The molecule has 8 nitrogen and oxygen atoms in total. The second kappa shape index (κ2) is 33.1. The fourth-order valence-electron chi connectivity index (χ4n) is 7.67. The average Bonchev–Trinajstić information content (AvgIpc) is 3.95. The minimum absolute atomic E-state index is 0.500. The van der Waals surface area contributed by atoms with Gasteiger partial charge in [0.2, 0.25) is 0 Å². The molecule has 2 aromatic heterocycles. The van der Waals surface area contributed by atoms with E-state index in [2.05, 4.69) is 48.5 Å². The molecular weight excluding hydrogens is 965 g/mol. The summed E-state index contributed by atoms with van der Waals surface area (Å²) < 4.78 is 36.0. The van der Waals surface area contributed by atoms with Crippen molar-refractivity contribution in [2.24, 2.45) is 0 Å². The lowest BCUT2D eigenvalue weighted by Crippen LogP contribution is -2.42. The summed E-state index contributed by atoms with van der Waals surface area (Å²) in [5, 5.41) is 2.62. The zero-order chi connectivity index (χ0) is 44.1.